The van der Waals surface area contributed by atoms with Crippen molar-refractivity contribution in [3.63, 3.8) is 0 Å². The van der Waals surface area contributed by atoms with Crippen LogP contribution >= 0.6 is 11.6 Å². The van der Waals surface area contributed by atoms with Gasteiger partial charge in [-0.3, -0.25) is 14.9 Å². The van der Waals surface area contributed by atoms with E-state index in [9.17, 15) is 14.9 Å². The lowest BCUT2D eigenvalue weighted by Crippen LogP contribution is -2.33. The average Bonchev–Trinajstić information content (AvgIpc) is 3.21. The number of nitrogens with zero attached hydrogens (tertiary/aromatic N) is 3. The molecule has 8 nitrogen and oxygen atoms in total. The Bertz CT molecular complexity index is 1020. The van der Waals surface area contributed by atoms with E-state index < -0.39 is 11.0 Å². The first-order chi connectivity index (χ1) is 13.9. The Morgan fingerprint density at radius 1 is 1.24 bits per heavy atom. The van der Waals surface area contributed by atoms with Crippen LogP contribution in [0, 0.1) is 16.0 Å². The largest absolute Gasteiger partial charge is 0.340 e. The standard InChI is InChI=1S/C20H19ClN4O4/c1-3-12(2)17(22-19(26)15-6-4-5-7-16(15)21)20-23-18(24-29-20)13-8-10-14(11-9-13)25(27)28/h4-12,17H,3H2,1-2H3,(H,22,26)/t12-,17+/m1/s1. The van der Waals surface area contributed by atoms with Gasteiger partial charge in [-0.1, -0.05) is 49.2 Å². The summed E-state index contributed by atoms with van der Waals surface area (Å²) >= 11 is 6.12. The zero-order valence-corrected chi connectivity index (χ0v) is 16.6. The van der Waals surface area contributed by atoms with Gasteiger partial charge in [0, 0.05) is 17.7 Å². The molecule has 1 N–H and O–H groups in total. The fourth-order valence-corrected chi connectivity index (χ4v) is 2.98. The van der Waals surface area contributed by atoms with Gasteiger partial charge in [0.25, 0.3) is 11.6 Å². The third-order valence-electron chi connectivity index (χ3n) is 4.66. The van der Waals surface area contributed by atoms with Crippen molar-refractivity contribution < 1.29 is 14.2 Å². The highest BCUT2D eigenvalue weighted by Gasteiger charge is 2.27. The van der Waals surface area contributed by atoms with Crippen LogP contribution in [-0.4, -0.2) is 21.0 Å². The van der Waals surface area contributed by atoms with Crippen LogP contribution in [0.1, 0.15) is 42.6 Å². The molecule has 0 unspecified atom stereocenters. The molecule has 2 aromatic carbocycles. The maximum atomic E-state index is 12.7. The Kier molecular flexibility index (Phi) is 6.23. The fraction of sp³-hybridized carbons (Fsp3) is 0.250. The van der Waals surface area contributed by atoms with Crippen molar-refractivity contribution in [1.82, 2.24) is 15.5 Å². The molecule has 0 fully saturated rings. The lowest BCUT2D eigenvalue weighted by molar-refractivity contribution is -0.384. The minimum Gasteiger partial charge on any atom is -0.340 e. The summed E-state index contributed by atoms with van der Waals surface area (Å²) in [5.41, 5.74) is 0.908. The van der Waals surface area contributed by atoms with Gasteiger partial charge in [0.1, 0.15) is 6.04 Å². The molecule has 0 saturated carbocycles. The van der Waals surface area contributed by atoms with Crippen molar-refractivity contribution in [2.45, 2.75) is 26.3 Å². The third-order valence-corrected chi connectivity index (χ3v) is 4.99. The molecule has 29 heavy (non-hydrogen) atoms. The van der Waals surface area contributed by atoms with Crippen molar-refractivity contribution in [3.05, 3.63) is 75.1 Å². The number of hydrogen-bond acceptors (Lipinski definition) is 6. The zero-order valence-electron chi connectivity index (χ0n) is 15.8. The number of carbonyl (C=O) groups is 1. The SMILES string of the molecule is CC[C@@H](C)[C@H](NC(=O)c1ccccc1Cl)c1nc(-c2ccc([N+](=O)[O-])cc2)no1. The second kappa shape index (κ2) is 8.83. The Morgan fingerprint density at radius 2 is 1.93 bits per heavy atom. The topological polar surface area (TPSA) is 111 Å². The molecule has 1 aromatic heterocycles. The highest BCUT2D eigenvalue weighted by molar-refractivity contribution is 6.33. The first kappa shape index (κ1) is 20.5. The summed E-state index contributed by atoms with van der Waals surface area (Å²) in [5, 5.41) is 18.0. The molecule has 3 aromatic rings. The van der Waals surface area contributed by atoms with E-state index in [1.165, 1.54) is 12.1 Å². The maximum Gasteiger partial charge on any atom is 0.269 e. The van der Waals surface area contributed by atoms with Crippen LogP contribution in [0.4, 0.5) is 5.69 Å². The molecular formula is C20H19ClN4O4. The number of rotatable bonds is 7. The molecule has 0 aliphatic carbocycles. The summed E-state index contributed by atoms with van der Waals surface area (Å²) in [5.74, 6) is 0.228. The summed E-state index contributed by atoms with van der Waals surface area (Å²) in [6.45, 7) is 3.96. The molecule has 0 aliphatic heterocycles. The molecule has 9 heteroatoms. The quantitative estimate of drug-likeness (QED) is 0.438. The number of nitro groups is 1. The van der Waals surface area contributed by atoms with Crippen LogP contribution in [-0.2, 0) is 0 Å². The van der Waals surface area contributed by atoms with Crippen LogP contribution in [0.5, 0.6) is 0 Å². The van der Waals surface area contributed by atoms with Crippen molar-refractivity contribution >= 4 is 23.2 Å². The van der Waals surface area contributed by atoms with Gasteiger partial charge < -0.3 is 9.84 Å². The van der Waals surface area contributed by atoms with Crippen LogP contribution in [0.15, 0.2) is 53.1 Å². The average molecular weight is 415 g/mol. The number of hydrogen-bond donors (Lipinski definition) is 1. The van der Waals surface area contributed by atoms with E-state index in [0.717, 1.165) is 6.42 Å². The van der Waals surface area contributed by atoms with E-state index in [1.807, 2.05) is 13.8 Å². The van der Waals surface area contributed by atoms with Crippen molar-refractivity contribution in [1.29, 1.82) is 0 Å². The summed E-state index contributed by atoms with van der Waals surface area (Å²) in [6.07, 6.45) is 0.767. The van der Waals surface area contributed by atoms with Crippen LogP contribution in [0.25, 0.3) is 11.4 Å². The Balaban J connectivity index is 1.85. The van der Waals surface area contributed by atoms with Crippen LogP contribution in [0.2, 0.25) is 5.02 Å². The van der Waals surface area contributed by atoms with Crippen molar-refractivity contribution in [3.8, 4) is 11.4 Å². The molecule has 0 spiro atoms. The molecule has 0 bridgehead atoms. The number of nitro benzene ring substituents is 1. The second-order valence-electron chi connectivity index (χ2n) is 6.58. The first-order valence-electron chi connectivity index (χ1n) is 9.04. The Labute approximate surface area is 172 Å². The molecule has 1 heterocycles. The summed E-state index contributed by atoms with van der Waals surface area (Å²) in [6, 6.07) is 12.1. The molecular weight excluding hydrogens is 396 g/mol. The van der Waals surface area contributed by atoms with Gasteiger partial charge in [-0.25, -0.2) is 0 Å². The molecule has 1 amide bonds. The third kappa shape index (κ3) is 4.60. The summed E-state index contributed by atoms with van der Waals surface area (Å²) in [7, 11) is 0. The zero-order chi connectivity index (χ0) is 21.0. The number of carbonyl (C=O) groups excluding carboxylic acids is 1. The molecule has 150 valence electrons. The Hall–Kier alpha value is -3.26. The molecule has 0 saturated heterocycles. The van der Waals surface area contributed by atoms with Gasteiger partial charge >= 0.3 is 0 Å². The van der Waals surface area contributed by atoms with Gasteiger partial charge in [-0.2, -0.15) is 4.98 Å². The van der Waals surface area contributed by atoms with Gasteiger partial charge in [-0.05, 0) is 30.2 Å². The van der Waals surface area contributed by atoms with E-state index in [2.05, 4.69) is 15.5 Å². The maximum absolute atomic E-state index is 12.7. The van der Waals surface area contributed by atoms with Crippen LogP contribution in [0.3, 0.4) is 0 Å². The van der Waals surface area contributed by atoms with Crippen molar-refractivity contribution in [2.24, 2.45) is 5.92 Å². The molecule has 3 rings (SSSR count). The number of aromatic nitrogens is 2. The first-order valence-corrected chi connectivity index (χ1v) is 9.42. The Morgan fingerprint density at radius 3 is 2.55 bits per heavy atom. The fourth-order valence-electron chi connectivity index (χ4n) is 2.76. The van der Waals surface area contributed by atoms with Crippen LogP contribution < -0.4 is 5.32 Å². The minimum absolute atomic E-state index is 0.0200. The number of non-ortho nitro benzene ring substituents is 1. The smallest absolute Gasteiger partial charge is 0.269 e. The van der Waals surface area contributed by atoms with Gasteiger partial charge in [-0.15, -0.1) is 0 Å². The predicted octanol–water partition coefficient (Wildman–Crippen LogP) is 4.82. The number of halogens is 1. The minimum atomic E-state index is -0.511. The van der Waals surface area contributed by atoms with Crippen molar-refractivity contribution in [2.75, 3.05) is 0 Å². The van der Waals surface area contributed by atoms with Gasteiger partial charge in [0.05, 0.1) is 15.5 Å². The second-order valence-corrected chi connectivity index (χ2v) is 6.98. The summed E-state index contributed by atoms with van der Waals surface area (Å²) in [4.78, 5) is 27.4. The predicted molar refractivity (Wildman–Crippen MR) is 108 cm³/mol. The van der Waals surface area contributed by atoms with E-state index in [1.54, 1.807) is 36.4 Å². The lowest BCUT2D eigenvalue weighted by Gasteiger charge is -2.21. The summed E-state index contributed by atoms with van der Waals surface area (Å²) < 4.78 is 5.41. The van der Waals surface area contributed by atoms with Gasteiger partial charge in [0.15, 0.2) is 0 Å². The highest BCUT2D eigenvalue weighted by atomic mass is 35.5. The highest BCUT2D eigenvalue weighted by Crippen LogP contribution is 2.27. The van der Waals surface area contributed by atoms with E-state index >= 15 is 0 Å². The van der Waals surface area contributed by atoms with E-state index in [0.29, 0.717) is 16.1 Å². The molecule has 2 atom stereocenters. The van der Waals surface area contributed by atoms with E-state index in [4.69, 9.17) is 16.1 Å². The molecule has 0 radical (unpaired) electrons. The lowest BCUT2D eigenvalue weighted by atomic mass is 9.98. The monoisotopic (exact) mass is 414 g/mol. The normalized spacial score (nSPS) is 12.9. The number of nitrogens with one attached hydrogen (secondary N) is 1. The van der Waals surface area contributed by atoms with Gasteiger partial charge in [0.2, 0.25) is 11.7 Å². The molecule has 0 aliphatic rings. The number of amides is 1. The van der Waals surface area contributed by atoms with E-state index in [-0.39, 0.29) is 29.2 Å². The number of benzene rings is 2.